The normalized spacial score (nSPS) is 10.6. The molecule has 1 N–H and O–H groups in total. The molecule has 0 spiro atoms. The zero-order chi connectivity index (χ0) is 17.8. The Labute approximate surface area is 146 Å². The Morgan fingerprint density at radius 2 is 1.80 bits per heavy atom. The molecular weight excluding hydrogens is 312 g/mol. The number of para-hydroxylation sites is 1. The summed E-state index contributed by atoms with van der Waals surface area (Å²) >= 11 is 0. The summed E-state index contributed by atoms with van der Waals surface area (Å²) in [5.74, 6) is -0.191. The molecular formula is C21H20N2O2. The zero-order valence-electron chi connectivity index (χ0n) is 14.4. The van der Waals surface area contributed by atoms with Crippen molar-refractivity contribution < 1.29 is 9.59 Å². The molecule has 3 aromatic rings. The Bertz CT molecular complexity index is 942. The standard InChI is InChI=1S/C21H20N2O2/c1-14-8-9-15(2)17(13-14)19(24)10-11-20(25)23-18-7-3-5-16-6-4-12-22-21(16)18/h3-9,12-13H,10-11H2,1-2H3,(H,23,25). The Kier molecular flexibility index (Phi) is 4.89. The van der Waals surface area contributed by atoms with Crippen molar-refractivity contribution in [2.75, 3.05) is 5.32 Å². The number of hydrogen-bond donors (Lipinski definition) is 1. The van der Waals surface area contributed by atoms with E-state index in [1.165, 1.54) is 0 Å². The van der Waals surface area contributed by atoms with E-state index >= 15 is 0 Å². The second-order valence-electron chi connectivity index (χ2n) is 6.17. The largest absolute Gasteiger partial charge is 0.324 e. The SMILES string of the molecule is Cc1ccc(C)c(C(=O)CCC(=O)Nc2cccc3cccnc23)c1. The number of carbonyl (C=O) groups excluding carboxylic acids is 2. The third-order valence-corrected chi connectivity index (χ3v) is 4.18. The highest BCUT2D eigenvalue weighted by molar-refractivity contribution is 6.03. The van der Waals surface area contributed by atoms with E-state index < -0.39 is 0 Å². The lowest BCUT2D eigenvalue weighted by molar-refractivity contribution is -0.116. The van der Waals surface area contributed by atoms with Gasteiger partial charge in [0.15, 0.2) is 5.78 Å². The van der Waals surface area contributed by atoms with Gasteiger partial charge in [0.1, 0.15) is 0 Å². The van der Waals surface area contributed by atoms with Gasteiger partial charge in [-0.1, -0.05) is 35.9 Å². The van der Waals surface area contributed by atoms with Gasteiger partial charge in [0, 0.05) is 30.0 Å². The molecule has 0 bridgehead atoms. The van der Waals surface area contributed by atoms with Crippen LogP contribution in [0, 0.1) is 13.8 Å². The summed E-state index contributed by atoms with van der Waals surface area (Å²) in [7, 11) is 0. The monoisotopic (exact) mass is 332 g/mol. The van der Waals surface area contributed by atoms with Crippen LogP contribution in [0.15, 0.2) is 54.7 Å². The first-order valence-electron chi connectivity index (χ1n) is 8.28. The molecule has 0 aliphatic rings. The molecule has 0 aliphatic carbocycles. The Morgan fingerprint density at radius 1 is 1.00 bits per heavy atom. The maximum absolute atomic E-state index is 12.4. The van der Waals surface area contributed by atoms with E-state index in [1.54, 1.807) is 6.20 Å². The van der Waals surface area contributed by atoms with Crippen LogP contribution in [0.3, 0.4) is 0 Å². The van der Waals surface area contributed by atoms with Crippen molar-refractivity contribution in [3.05, 3.63) is 71.4 Å². The Balaban J connectivity index is 1.66. The van der Waals surface area contributed by atoms with E-state index in [-0.39, 0.29) is 24.5 Å². The second kappa shape index (κ2) is 7.26. The molecule has 4 heteroatoms. The van der Waals surface area contributed by atoms with Crippen LogP contribution >= 0.6 is 0 Å². The fourth-order valence-corrected chi connectivity index (χ4v) is 2.82. The number of benzene rings is 2. The summed E-state index contributed by atoms with van der Waals surface area (Å²) in [5, 5.41) is 3.83. The van der Waals surface area contributed by atoms with Crippen LogP contribution < -0.4 is 5.32 Å². The lowest BCUT2D eigenvalue weighted by Crippen LogP contribution is -2.14. The molecule has 1 amide bonds. The quantitative estimate of drug-likeness (QED) is 0.702. The summed E-state index contributed by atoms with van der Waals surface area (Å²) in [6, 6.07) is 15.2. The number of carbonyl (C=O) groups is 2. The predicted molar refractivity (Wildman–Crippen MR) is 99.9 cm³/mol. The maximum atomic E-state index is 12.4. The van der Waals surface area contributed by atoms with Crippen molar-refractivity contribution in [1.29, 1.82) is 0 Å². The molecule has 126 valence electrons. The molecule has 1 heterocycles. The number of nitrogens with zero attached hydrogens (tertiary/aromatic N) is 1. The molecule has 1 aromatic heterocycles. The van der Waals surface area contributed by atoms with Gasteiger partial charge in [-0.25, -0.2) is 0 Å². The van der Waals surface area contributed by atoms with Crippen molar-refractivity contribution >= 4 is 28.3 Å². The van der Waals surface area contributed by atoms with Crippen LogP contribution in [0.25, 0.3) is 10.9 Å². The minimum Gasteiger partial charge on any atom is -0.324 e. The molecule has 0 saturated heterocycles. The fourth-order valence-electron chi connectivity index (χ4n) is 2.82. The van der Waals surface area contributed by atoms with Gasteiger partial charge in [-0.2, -0.15) is 0 Å². The van der Waals surface area contributed by atoms with Crippen LogP contribution in [0.1, 0.15) is 34.3 Å². The van der Waals surface area contributed by atoms with Crippen LogP contribution in [0.4, 0.5) is 5.69 Å². The smallest absolute Gasteiger partial charge is 0.224 e. The molecule has 3 rings (SSSR count). The van der Waals surface area contributed by atoms with Crippen molar-refractivity contribution in [2.24, 2.45) is 0 Å². The average molecular weight is 332 g/mol. The molecule has 0 fully saturated rings. The van der Waals surface area contributed by atoms with Gasteiger partial charge in [-0.3, -0.25) is 14.6 Å². The number of aryl methyl sites for hydroxylation is 2. The Hall–Kier alpha value is -3.01. The number of Topliss-reactive ketones (excluding diaryl/α,β-unsaturated/α-hetero) is 1. The third kappa shape index (κ3) is 3.91. The minimum atomic E-state index is -0.184. The predicted octanol–water partition coefficient (Wildman–Crippen LogP) is 4.45. The number of ketones is 1. The molecule has 0 radical (unpaired) electrons. The summed E-state index contributed by atoms with van der Waals surface area (Å²) in [6.07, 6.45) is 2.03. The highest BCUT2D eigenvalue weighted by atomic mass is 16.2. The second-order valence-corrected chi connectivity index (χ2v) is 6.17. The highest BCUT2D eigenvalue weighted by Crippen LogP contribution is 2.21. The van der Waals surface area contributed by atoms with Crippen molar-refractivity contribution in [1.82, 2.24) is 4.98 Å². The number of hydrogen-bond acceptors (Lipinski definition) is 3. The van der Waals surface area contributed by atoms with Crippen molar-refractivity contribution in [2.45, 2.75) is 26.7 Å². The van der Waals surface area contributed by atoms with Gasteiger partial charge >= 0.3 is 0 Å². The molecule has 4 nitrogen and oxygen atoms in total. The molecule has 0 saturated carbocycles. The summed E-state index contributed by atoms with van der Waals surface area (Å²) < 4.78 is 0. The van der Waals surface area contributed by atoms with E-state index in [1.807, 2.05) is 62.4 Å². The first-order valence-corrected chi connectivity index (χ1v) is 8.28. The first-order chi connectivity index (χ1) is 12.0. The summed E-state index contributed by atoms with van der Waals surface area (Å²) in [4.78, 5) is 29.0. The number of nitrogens with one attached hydrogen (secondary N) is 1. The van der Waals surface area contributed by atoms with Gasteiger partial charge in [-0.15, -0.1) is 0 Å². The van der Waals surface area contributed by atoms with E-state index in [4.69, 9.17) is 0 Å². The van der Waals surface area contributed by atoms with Crippen LogP contribution in [0.2, 0.25) is 0 Å². The summed E-state index contributed by atoms with van der Waals surface area (Å²) in [6.45, 7) is 3.87. The number of amides is 1. The number of anilines is 1. The molecule has 0 aliphatic heterocycles. The van der Waals surface area contributed by atoms with Gasteiger partial charge in [0.2, 0.25) is 5.91 Å². The van der Waals surface area contributed by atoms with Crippen LogP contribution in [-0.4, -0.2) is 16.7 Å². The summed E-state index contributed by atoms with van der Waals surface area (Å²) in [5.41, 5.74) is 4.09. The highest BCUT2D eigenvalue weighted by Gasteiger charge is 2.13. The third-order valence-electron chi connectivity index (χ3n) is 4.18. The van der Waals surface area contributed by atoms with Gasteiger partial charge in [0.05, 0.1) is 11.2 Å². The van der Waals surface area contributed by atoms with Crippen molar-refractivity contribution in [3.63, 3.8) is 0 Å². The first kappa shape index (κ1) is 16.8. The lowest BCUT2D eigenvalue weighted by Gasteiger charge is -2.09. The maximum Gasteiger partial charge on any atom is 0.224 e. The van der Waals surface area contributed by atoms with Gasteiger partial charge in [-0.05, 0) is 37.6 Å². The van der Waals surface area contributed by atoms with E-state index in [0.717, 1.165) is 22.0 Å². The average Bonchev–Trinajstić information content (AvgIpc) is 2.62. The van der Waals surface area contributed by atoms with Gasteiger partial charge < -0.3 is 5.32 Å². The zero-order valence-corrected chi connectivity index (χ0v) is 14.4. The van der Waals surface area contributed by atoms with Crippen LogP contribution in [0.5, 0.6) is 0 Å². The van der Waals surface area contributed by atoms with E-state index in [9.17, 15) is 9.59 Å². The molecule has 0 unspecified atom stereocenters. The van der Waals surface area contributed by atoms with Gasteiger partial charge in [0.25, 0.3) is 0 Å². The van der Waals surface area contributed by atoms with Crippen LogP contribution in [-0.2, 0) is 4.79 Å². The van der Waals surface area contributed by atoms with E-state index in [0.29, 0.717) is 11.3 Å². The topological polar surface area (TPSA) is 59.1 Å². The lowest BCUT2D eigenvalue weighted by atomic mass is 9.99. The Morgan fingerprint density at radius 3 is 2.64 bits per heavy atom. The fraction of sp³-hybridized carbons (Fsp3) is 0.190. The molecule has 2 aromatic carbocycles. The molecule has 25 heavy (non-hydrogen) atoms. The number of rotatable bonds is 5. The molecule has 0 atom stereocenters. The van der Waals surface area contributed by atoms with Crippen molar-refractivity contribution in [3.8, 4) is 0 Å². The number of fused-ring (bicyclic) bond motifs is 1. The number of pyridine rings is 1. The number of aromatic nitrogens is 1. The minimum absolute atomic E-state index is 0.00704. The van der Waals surface area contributed by atoms with E-state index in [2.05, 4.69) is 10.3 Å².